The Morgan fingerprint density at radius 1 is 1.03 bits per heavy atom. The molecule has 0 saturated heterocycles. The van der Waals surface area contributed by atoms with Crippen LogP contribution < -0.4 is 15.2 Å². The summed E-state index contributed by atoms with van der Waals surface area (Å²) in [6.07, 6.45) is 6.19. The maximum absolute atomic E-state index is 13.2. The van der Waals surface area contributed by atoms with E-state index in [1.54, 1.807) is 12.1 Å². The molecule has 1 aliphatic rings. The normalized spacial score (nSPS) is 13.7. The molecule has 2 aromatic heterocycles. The van der Waals surface area contributed by atoms with Crippen molar-refractivity contribution in [2.45, 2.75) is 51.5 Å². The van der Waals surface area contributed by atoms with Crippen molar-refractivity contribution in [2.24, 2.45) is 0 Å². The molecule has 1 aliphatic carbocycles. The predicted molar refractivity (Wildman–Crippen MR) is 135 cm³/mol. The number of ether oxygens (including phenoxy) is 1. The van der Waals surface area contributed by atoms with Crippen LogP contribution in [0.4, 0.5) is 5.82 Å². The van der Waals surface area contributed by atoms with E-state index in [0.717, 1.165) is 47.9 Å². The van der Waals surface area contributed by atoms with Crippen LogP contribution in [0, 0.1) is 20.8 Å². The highest BCUT2D eigenvalue weighted by Crippen LogP contribution is 2.33. The Kier molecular flexibility index (Phi) is 6.88. The number of carbonyl (C=O) groups excluding carboxylic acids is 1. The minimum absolute atomic E-state index is 0.00277. The minimum Gasteiger partial charge on any atom is -0.438 e. The zero-order chi connectivity index (χ0) is 25.2. The average molecular weight is 493 g/mol. The molecule has 8 nitrogen and oxygen atoms in total. The van der Waals surface area contributed by atoms with Crippen molar-refractivity contribution in [1.29, 1.82) is 0 Å². The van der Waals surface area contributed by atoms with E-state index in [1.807, 2.05) is 32.9 Å². The van der Waals surface area contributed by atoms with Gasteiger partial charge in [-0.15, -0.1) is 0 Å². The lowest BCUT2D eigenvalue weighted by Gasteiger charge is -2.17. The molecule has 3 N–H and O–H groups in total. The Balaban J connectivity index is 1.74. The van der Waals surface area contributed by atoms with E-state index in [0.29, 0.717) is 11.4 Å². The number of benzene rings is 1. The van der Waals surface area contributed by atoms with E-state index >= 15 is 0 Å². The third-order valence-electron chi connectivity index (χ3n) is 5.78. The first kappa shape index (κ1) is 24.4. The zero-order valence-electron chi connectivity index (χ0n) is 20.0. The van der Waals surface area contributed by atoms with Crippen LogP contribution in [-0.4, -0.2) is 24.3 Å². The van der Waals surface area contributed by atoms with Gasteiger partial charge in [-0.05, 0) is 87.4 Å². The average Bonchev–Trinajstić information content (AvgIpc) is 2.81. The highest BCUT2D eigenvalue weighted by molar-refractivity contribution is 7.90. The highest BCUT2D eigenvalue weighted by Gasteiger charge is 2.25. The van der Waals surface area contributed by atoms with Gasteiger partial charge in [0.15, 0.2) is 5.03 Å². The fourth-order valence-electron chi connectivity index (χ4n) is 4.17. The summed E-state index contributed by atoms with van der Waals surface area (Å²) in [4.78, 5) is 21.6. The molecule has 0 unspecified atom stereocenters. The molecule has 3 aromatic rings. The summed E-state index contributed by atoms with van der Waals surface area (Å²) < 4.78 is 33.8. The second-order valence-corrected chi connectivity index (χ2v) is 10.3. The number of nitrogens with zero attached hydrogens (tertiary/aromatic N) is 2. The van der Waals surface area contributed by atoms with Crippen LogP contribution in [0.25, 0.3) is 5.57 Å². The smallest absolute Gasteiger partial charge is 0.281 e. The van der Waals surface area contributed by atoms with Crippen LogP contribution >= 0.6 is 0 Å². The molecule has 0 spiro atoms. The number of nitrogen functional groups attached to an aromatic ring is 1. The quantitative estimate of drug-likeness (QED) is 0.504. The highest BCUT2D eigenvalue weighted by atomic mass is 32.2. The van der Waals surface area contributed by atoms with E-state index < -0.39 is 15.9 Å². The number of aromatic nitrogens is 2. The Morgan fingerprint density at radius 3 is 2.43 bits per heavy atom. The van der Waals surface area contributed by atoms with Crippen molar-refractivity contribution in [2.75, 3.05) is 5.73 Å². The lowest BCUT2D eigenvalue weighted by molar-refractivity contribution is 0.0978. The molecule has 0 radical (unpaired) electrons. The molecule has 0 atom stereocenters. The second-order valence-electron chi connectivity index (χ2n) is 8.69. The van der Waals surface area contributed by atoms with Gasteiger partial charge < -0.3 is 10.5 Å². The first-order valence-electron chi connectivity index (χ1n) is 11.4. The Labute approximate surface area is 205 Å². The van der Waals surface area contributed by atoms with Gasteiger partial charge in [-0.3, -0.25) is 4.79 Å². The molecular formula is C26H28N4O4S. The fourth-order valence-corrected chi connectivity index (χ4v) is 5.12. The summed E-state index contributed by atoms with van der Waals surface area (Å²) in [5, 5.41) is -0.351. The molecule has 2 heterocycles. The molecule has 35 heavy (non-hydrogen) atoms. The summed E-state index contributed by atoms with van der Waals surface area (Å²) in [5.74, 6) is -0.227. The molecule has 182 valence electrons. The van der Waals surface area contributed by atoms with Crippen LogP contribution in [0.3, 0.4) is 0 Å². The number of carbonyl (C=O) groups is 1. The summed E-state index contributed by atoms with van der Waals surface area (Å²) in [5.41, 5.74) is 10.3. The number of aryl methyl sites for hydroxylation is 3. The monoisotopic (exact) mass is 492 g/mol. The lowest BCUT2D eigenvalue weighted by atomic mass is 9.96. The maximum atomic E-state index is 13.2. The van der Waals surface area contributed by atoms with Gasteiger partial charge in [0.05, 0.1) is 5.69 Å². The van der Waals surface area contributed by atoms with Gasteiger partial charge in [-0.25, -0.2) is 14.7 Å². The number of anilines is 1. The number of pyridine rings is 2. The largest absolute Gasteiger partial charge is 0.438 e. The topological polar surface area (TPSA) is 124 Å². The Morgan fingerprint density at radius 2 is 1.77 bits per heavy atom. The van der Waals surface area contributed by atoms with Gasteiger partial charge in [0.25, 0.3) is 15.9 Å². The van der Waals surface area contributed by atoms with E-state index in [9.17, 15) is 13.2 Å². The summed E-state index contributed by atoms with van der Waals surface area (Å²) in [6.45, 7) is 5.82. The fraction of sp³-hybridized carbons (Fsp3) is 0.269. The third kappa shape index (κ3) is 5.51. The number of nitrogens with two attached hydrogens (primary N) is 1. The molecule has 9 heteroatoms. The third-order valence-corrected chi connectivity index (χ3v) is 7.01. The summed E-state index contributed by atoms with van der Waals surface area (Å²) >= 11 is 0. The van der Waals surface area contributed by atoms with Gasteiger partial charge in [0.2, 0.25) is 5.88 Å². The number of sulfonamides is 1. The standard InChI is InChI=1S/C26H28N4O4S/c1-16-14-17(2)24(18(3)15-16)34-26-20(12-13-21(28-26)19-8-5-4-6-9-19)25(31)30-35(32,33)23-11-7-10-22(27)29-23/h7-8,10-15H,4-6,9H2,1-3H3,(H2,27,29)(H,30,31). The summed E-state index contributed by atoms with van der Waals surface area (Å²) in [6, 6.07) is 11.4. The van der Waals surface area contributed by atoms with Crippen molar-refractivity contribution in [3.8, 4) is 11.6 Å². The van der Waals surface area contributed by atoms with Gasteiger partial charge in [-0.2, -0.15) is 8.42 Å². The van der Waals surface area contributed by atoms with Crippen molar-refractivity contribution in [1.82, 2.24) is 14.7 Å². The second kappa shape index (κ2) is 9.87. The van der Waals surface area contributed by atoms with Crippen LogP contribution in [0.1, 0.15) is 58.4 Å². The van der Waals surface area contributed by atoms with Crippen molar-refractivity contribution in [3.63, 3.8) is 0 Å². The molecule has 0 aliphatic heterocycles. The number of hydrogen-bond acceptors (Lipinski definition) is 7. The summed E-state index contributed by atoms with van der Waals surface area (Å²) in [7, 11) is -4.26. The van der Waals surface area contributed by atoms with E-state index in [-0.39, 0.29) is 22.3 Å². The number of rotatable bonds is 6. The lowest BCUT2D eigenvalue weighted by Crippen LogP contribution is -2.31. The van der Waals surface area contributed by atoms with Crippen LogP contribution in [0.5, 0.6) is 11.6 Å². The Bertz CT molecular complexity index is 1410. The first-order chi connectivity index (χ1) is 16.6. The number of hydrogen-bond donors (Lipinski definition) is 2. The molecule has 0 saturated carbocycles. The molecule has 1 aromatic carbocycles. The van der Waals surface area contributed by atoms with E-state index in [1.165, 1.54) is 18.2 Å². The molecule has 4 rings (SSSR count). The van der Waals surface area contributed by atoms with E-state index in [2.05, 4.69) is 20.8 Å². The van der Waals surface area contributed by atoms with Crippen molar-refractivity contribution >= 4 is 27.3 Å². The van der Waals surface area contributed by atoms with Gasteiger partial charge in [0, 0.05) is 0 Å². The first-order valence-corrected chi connectivity index (χ1v) is 12.9. The predicted octanol–water partition coefficient (Wildman–Crippen LogP) is 4.85. The van der Waals surface area contributed by atoms with Gasteiger partial charge in [-0.1, -0.05) is 29.8 Å². The van der Waals surface area contributed by atoms with Crippen LogP contribution in [0.15, 0.2) is 53.6 Å². The number of nitrogens with one attached hydrogen (secondary N) is 1. The van der Waals surface area contributed by atoms with Gasteiger partial charge >= 0.3 is 0 Å². The Hall–Kier alpha value is -3.72. The molecular weight excluding hydrogens is 464 g/mol. The number of allylic oxidation sites excluding steroid dienone is 2. The zero-order valence-corrected chi connectivity index (χ0v) is 20.8. The molecule has 0 bridgehead atoms. The van der Waals surface area contributed by atoms with Crippen LogP contribution in [-0.2, 0) is 10.0 Å². The molecule has 0 fully saturated rings. The SMILES string of the molecule is Cc1cc(C)c(Oc2nc(C3=CCCCC3)ccc2C(=O)NS(=O)(=O)c2cccc(N)n2)c(C)c1. The molecule has 1 amide bonds. The van der Waals surface area contributed by atoms with Crippen LogP contribution in [0.2, 0.25) is 0 Å². The maximum Gasteiger partial charge on any atom is 0.281 e. The van der Waals surface area contributed by atoms with Gasteiger partial charge in [0.1, 0.15) is 17.1 Å². The van der Waals surface area contributed by atoms with Crippen molar-refractivity contribution < 1.29 is 17.9 Å². The van der Waals surface area contributed by atoms with Crippen molar-refractivity contribution in [3.05, 3.63) is 76.5 Å². The minimum atomic E-state index is -4.26. The van der Waals surface area contributed by atoms with E-state index in [4.69, 9.17) is 10.5 Å². The number of amides is 1.